The Bertz CT molecular complexity index is 705. The van der Waals surface area contributed by atoms with Crippen molar-refractivity contribution in [2.24, 2.45) is 0 Å². The Morgan fingerprint density at radius 2 is 2.04 bits per heavy atom. The Hall–Kier alpha value is -1.83. The molecular weight excluding hydrogens is 356 g/mol. The summed E-state index contributed by atoms with van der Waals surface area (Å²) in [4.78, 5) is 30.2. The fourth-order valence-electron chi connectivity index (χ4n) is 3.69. The van der Waals surface area contributed by atoms with E-state index >= 15 is 0 Å². The summed E-state index contributed by atoms with van der Waals surface area (Å²) in [6.45, 7) is 7.91. The minimum atomic E-state index is -1.02. The number of piperidine rings is 1. The number of aryl methyl sites for hydroxylation is 1. The van der Waals surface area contributed by atoms with Crippen LogP contribution in [0.1, 0.15) is 67.6 Å². The van der Waals surface area contributed by atoms with Crippen LogP contribution >= 0.6 is 11.3 Å². The molecule has 1 atom stereocenters. The van der Waals surface area contributed by atoms with Crippen LogP contribution in [0.25, 0.3) is 0 Å². The number of aromatic carboxylic acids is 1. The number of hydrogen-bond donors (Lipinski definition) is 1. The van der Waals surface area contributed by atoms with Crippen LogP contribution in [0.3, 0.4) is 0 Å². The molecule has 2 aliphatic rings. The van der Waals surface area contributed by atoms with Crippen molar-refractivity contribution in [3.05, 3.63) is 9.88 Å². The third-order valence-electron chi connectivity index (χ3n) is 4.93. The number of carbonyl (C=O) groups is 2. The smallest absolute Gasteiger partial charge is 0.410 e. The quantitative estimate of drug-likeness (QED) is 0.854. The molecule has 1 spiro atoms. The van der Waals surface area contributed by atoms with Gasteiger partial charge in [-0.15, -0.1) is 11.3 Å². The highest BCUT2D eigenvalue weighted by molar-refractivity contribution is 7.13. The van der Waals surface area contributed by atoms with Crippen LogP contribution in [0.2, 0.25) is 0 Å². The number of carboxylic acid groups (broad SMARTS) is 1. The topological polar surface area (TPSA) is 89.0 Å². The largest absolute Gasteiger partial charge is 0.477 e. The molecule has 0 bridgehead atoms. The summed E-state index contributed by atoms with van der Waals surface area (Å²) in [7, 11) is 0. The Morgan fingerprint density at radius 3 is 2.58 bits per heavy atom. The predicted molar refractivity (Wildman–Crippen MR) is 97.0 cm³/mol. The van der Waals surface area contributed by atoms with E-state index in [0.29, 0.717) is 24.4 Å². The zero-order valence-electron chi connectivity index (χ0n) is 15.7. The number of rotatable bonds is 3. The highest BCUT2D eigenvalue weighted by Crippen LogP contribution is 2.46. The van der Waals surface area contributed by atoms with Crippen LogP contribution in [-0.2, 0) is 4.74 Å². The summed E-state index contributed by atoms with van der Waals surface area (Å²) >= 11 is 1.12. The van der Waals surface area contributed by atoms with E-state index in [1.807, 2.05) is 25.7 Å². The molecule has 1 saturated carbocycles. The molecule has 0 radical (unpaired) electrons. The summed E-state index contributed by atoms with van der Waals surface area (Å²) in [5.74, 6) is -0.819. The van der Waals surface area contributed by atoms with Gasteiger partial charge in [0.2, 0.25) is 5.88 Å². The van der Waals surface area contributed by atoms with E-state index in [1.54, 1.807) is 6.92 Å². The first-order chi connectivity index (χ1) is 12.1. The normalized spacial score (nSPS) is 22.0. The molecule has 1 aliphatic carbocycles. The maximum Gasteiger partial charge on any atom is 0.410 e. The lowest BCUT2D eigenvalue weighted by molar-refractivity contribution is -0.0680. The van der Waals surface area contributed by atoms with Gasteiger partial charge in [0.1, 0.15) is 11.7 Å². The van der Waals surface area contributed by atoms with Crippen molar-refractivity contribution in [3.8, 4) is 5.88 Å². The average Bonchev–Trinajstić information content (AvgIpc) is 2.84. The van der Waals surface area contributed by atoms with E-state index in [0.717, 1.165) is 30.6 Å². The van der Waals surface area contributed by atoms with Crippen molar-refractivity contribution in [1.82, 2.24) is 9.88 Å². The number of hydrogen-bond acceptors (Lipinski definition) is 6. The van der Waals surface area contributed by atoms with Crippen molar-refractivity contribution >= 4 is 23.4 Å². The highest BCUT2D eigenvalue weighted by Gasteiger charge is 2.50. The van der Waals surface area contributed by atoms with Gasteiger partial charge in [-0.05, 0) is 47.0 Å². The zero-order valence-corrected chi connectivity index (χ0v) is 16.5. The van der Waals surface area contributed by atoms with Gasteiger partial charge in [-0.3, -0.25) is 0 Å². The van der Waals surface area contributed by atoms with Gasteiger partial charge < -0.3 is 19.5 Å². The van der Waals surface area contributed by atoms with Crippen molar-refractivity contribution in [1.29, 1.82) is 0 Å². The molecule has 1 aromatic heterocycles. The van der Waals surface area contributed by atoms with Gasteiger partial charge in [-0.1, -0.05) is 0 Å². The maximum atomic E-state index is 12.6. The van der Waals surface area contributed by atoms with E-state index in [1.165, 1.54) is 0 Å². The Kier molecular flexibility index (Phi) is 4.90. The van der Waals surface area contributed by atoms with Crippen LogP contribution in [0.15, 0.2) is 0 Å². The van der Waals surface area contributed by atoms with Crippen LogP contribution in [-0.4, -0.2) is 50.8 Å². The molecule has 3 rings (SSSR count). The lowest BCUT2D eigenvalue weighted by Crippen LogP contribution is -2.62. The van der Waals surface area contributed by atoms with Gasteiger partial charge in [-0.25, -0.2) is 14.6 Å². The van der Waals surface area contributed by atoms with Gasteiger partial charge in [0.15, 0.2) is 4.88 Å². The maximum absolute atomic E-state index is 12.6. The second-order valence-electron chi connectivity index (χ2n) is 8.11. The number of amides is 1. The number of nitrogens with zero attached hydrogens (tertiary/aromatic N) is 2. The second-order valence-corrected chi connectivity index (χ2v) is 9.32. The molecule has 1 saturated heterocycles. The number of aromatic nitrogens is 1. The van der Waals surface area contributed by atoms with Crippen molar-refractivity contribution in [3.63, 3.8) is 0 Å². The molecule has 1 amide bonds. The average molecular weight is 382 g/mol. The summed E-state index contributed by atoms with van der Waals surface area (Å²) < 4.78 is 11.5. The van der Waals surface area contributed by atoms with E-state index in [-0.39, 0.29) is 28.5 Å². The van der Waals surface area contributed by atoms with Gasteiger partial charge >= 0.3 is 12.1 Å². The monoisotopic (exact) mass is 382 g/mol. The number of likely N-dealkylation sites (tertiary alicyclic amines) is 1. The van der Waals surface area contributed by atoms with E-state index < -0.39 is 11.6 Å². The molecule has 144 valence electrons. The summed E-state index contributed by atoms with van der Waals surface area (Å²) in [6.07, 6.45) is 3.82. The lowest BCUT2D eigenvalue weighted by atomic mass is 9.69. The first-order valence-electron chi connectivity index (χ1n) is 8.98. The van der Waals surface area contributed by atoms with Crippen LogP contribution in [0.4, 0.5) is 4.79 Å². The van der Waals surface area contributed by atoms with Crippen LogP contribution in [0, 0.1) is 6.92 Å². The minimum absolute atomic E-state index is 0.139. The molecule has 0 aromatic carbocycles. The van der Waals surface area contributed by atoms with Gasteiger partial charge in [0.05, 0.1) is 5.01 Å². The van der Waals surface area contributed by atoms with Gasteiger partial charge in [-0.2, -0.15) is 0 Å². The molecule has 2 fully saturated rings. The third-order valence-corrected chi connectivity index (χ3v) is 5.87. The standard InChI is InChI=1S/C18H26N2O5S/c1-11-19-14(13(26-11)15(21)22)24-12-6-9-20(16(23)25-17(2,3)4)18(10-12)7-5-8-18/h12H,5-10H2,1-4H3,(H,21,22). The fourth-order valence-corrected chi connectivity index (χ4v) is 4.38. The number of carbonyl (C=O) groups excluding carboxylic acids is 1. The fraction of sp³-hybridized carbons (Fsp3) is 0.722. The number of thiazole rings is 1. The molecule has 1 aliphatic heterocycles. The first kappa shape index (κ1) is 18.9. The highest BCUT2D eigenvalue weighted by atomic mass is 32.1. The van der Waals surface area contributed by atoms with Gasteiger partial charge in [0, 0.05) is 24.9 Å². The molecule has 7 nitrogen and oxygen atoms in total. The first-order valence-corrected chi connectivity index (χ1v) is 9.79. The summed E-state index contributed by atoms with van der Waals surface area (Å²) in [5.41, 5.74) is -0.760. The molecule has 1 N–H and O–H groups in total. The Labute approximate surface area is 157 Å². The molecule has 1 aromatic rings. The molecular formula is C18H26N2O5S. The van der Waals surface area contributed by atoms with Crippen molar-refractivity contribution < 1.29 is 24.2 Å². The predicted octanol–water partition coefficient (Wildman–Crippen LogP) is 3.85. The van der Waals surface area contributed by atoms with Crippen LogP contribution in [0.5, 0.6) is 5.88 Å². The zero-order chi connectivity index (χ0) is 19.1. The van der Waals surface area contributed by atoms with Gasteiger partial charge in [0.25, 0.3) is 0 Å². The minimum Gasteiger partial charge on any atom is -0.477 e. The van der Waals surface area contributed by atoms with E-state index in [2.05, 4.69) is 4.98 Å². The second kappa shape index (κ2) is 6.72. The van der Waals surface area contributed by atoms with E-state index in [9.17, 15) is 14.7 Å². The third kappa shape index (κ3) is 3.79. The number of ether oxygens (including phenoxy) is 2. The molecule has 8 heteroatoms. The Balaban J connectivity index is 1.72. The van der Waals surface area contributed by atoms with Crippen molar-refractivity contribution in [2.75, 3.05) is 6.54 Å². The Morgan fingerprint density at radius 1 is 1.35 bits per heavy atom. The molecule has 2 heterocycles. The molecule has 26 heavy (non-hydrogen) atoms. The van der Waals surface area contributed by atoms with Crippen LogP contribution < -0.4 is 4.74 Å². The SMILES string of the molecule is Cc1nc(OC2CCN(C(=O)OC(C)(C)C)C3(CCC3)C2)c(C(=O)O)s1. The number of carboxylic acids is 1. The summed E-state index contributed by atoms with van der Waals surface area (Å²) in [6, 6.07) is 0. The lowest BCUT2D eigenvalue weighted by Gasteiger charge is -2.54. The summed E-state index contributed by atoms with van der Waals surface area (Å²) in [5, 5.41) is 9.98. The molecule has 1 unspecified atom stereocenters. The van der Waals surface area contributed by atoms with Crippen molar-refractivity contribution in [2.45, 2.75) is 77.0 Å². The van der Waals surface area contributed by atoms with E-state index in [4.69, 9.17) is 9.47 Å².